The predicted molar refractivity (Wildman–Crippen MR) is 120 cm³/mol. The highest BCUT2D eigenvalue weighted by Crippen LogP contribution is 2.48. The van der Waals surface area contributed by atoms with Gasteiger partial charge in [0.1, 0.15) is 0 Å². The molecule has 5 heteroatoms. The maximum Gasteiger partial charge on any atom is 0.270 e. The zero-order chi connectivity index (χ0) is 22.1. The monoisotopic (exact) mass is 422 g/mol. The number of amides is 3. The van der Waals surface area contributed by atoms with Crippen LogP contribution in [-0.4, -0.2) is 22.7 Å². The lowest BCUT2D eigenvalue weighted by Gasteiger charge is -2.32. The molecule has 0 spiro atoms. The van der Waals surface area contributed by atoms with E-state index in [2.05, 4.69) is 5.43 Å². The Balaban J connectivity index is 1.53. The number of hydrogen-bond acceptors (Lipinski definition) is 3. The third-order valence-electron chi connectivity index (χ3n) is 6.32. The first-order valence-electron chi connectivity index (χ1n) is 10.7. The van der Waals surface area contributed by atoms with E-state index in [4.69, 9.17) is 0 Å². The first-order chi connectivity index (χ1) is 15.6. The van der Waals surface area contributed by atoms with Crippen molar-refractivity contribution in [2.75, 3.05) is 0 Å². The van der Waals surface area contributed by atoms with Crippen LogP contribution in [0.15, 0.2) is 103 Å². The molecule has 1 fully saturated rings. The Morgan fingerprint density at radius 2 is 1.03 bits per heavy atom. The van der Waals surface area contributed by atoms with Gasteiger partial charge in [0.2, 0.25) is 0 Å². The first kappa shape index (κ1) is 19.9. The van der Waals surface area contributed by atoms with Crippen LogP contribution >= 0.6 is 0 Å². The van der Waals surface area contributed by atoms with Gasteiger partial charge in [-0.2, -0.15) is 5.01 Å². The molecule has 5 nitrogen and oxygen atoms in total. The van der Waals surface area contributed by atoms with Crippen molar-refractivity contribution in [3.05, 3.63) is 120 Å². The minimum atomic E-state index is -0.587. The van der Waals surface area contributed by atoms with Gasteiger partial charge in [-0.05, 0) is 23.3 Å². The van der Waals surface area contributed by atoms with Gasteiger partial charge < -0.3 is 0 Å². The number of nitrogens with one attached hydrogen (secondary N) is 1. The summed E-state index contributed by atoms with van der Waals surface area (Å²) >= 11 is 0. The van der Waals surface area contributed by atoms with Gasteiger partial charge in [0.25, 0.3) is 17.7 Å². The minimum absolute atomic E-state index is 0.240. The number of rotatable bonds is 4. The number of nitrogens with zero attached hydrogens (tertiary/aromatic N) is 1. The molecule has 3 aromatic carbocycles. The molecule has 1 aliphatic carbocycles. The number of benzene rings is 3. The fourth-order valence-corrected chi connectivity index (χ4v) is 4.80. The molecule has 0 saturated carbocycles. The fraction of sp³-hybridized carbons (Fsp3) is 0.148. The quantitative estimate of drug-likeness (QED) is 0.509. The number of fused-ring (bicyclic) bond motifs is 1. The van der Waals surface area contributed by atoms with E-state index in [0.717, 1.165) is 16.1 Å². The van der Waals surface area contributed by atoms with Crippen LogP contribution in [0.25, 0.3) is 0 Å². The number of carbonyl (C=O) groups is 3. The minimum Gasteiger partial charge on any atom is -0.272 e. The molecule has 5 rings (SSSR count). The molecule has 1 heterocycles. The maximum atomic E-state index is 13.5. The SMILES string of the molecule is O=C(NN1C(=O)[C@@H]2[C@H](C1=O)[C@H](c1ccccc1)C=C[C@@H]2c1ccccc1)c1ccccc1. The molecule has 2 aliphatic rings. The molecule has 1 N–H and O–H groups in total. The van der Waals surface area contributed by atoms with Crippen molar-refractivity contribution >= 4 is 17.7 Å². The van der Waals surface area contributed by atoms with Gasteiger partial charge in [-0.25, -0.2) is 0 Å². The van der Waals surface area contributed by atoms with E-state index in [1.807, 2.05) is 72.8 Å². The molecular weight excluding hydrogens is 400 g/mol. The van der Waals surface area contributed by atoms with Gasteiger partial charge >= 0.3 is 0 Å². The Morgan fingerprint density at radius 1 is 0.625 bits per heavy atom. The highest BCUT2D eigenvalue weighted by atomic mass is 16.2. The van der Waals surface area contributed by atoms with E-state index < -0.39 is 17.7 Å². The zero-order valence-corrected chi connectivity index (χ0v) is 17.3. The van der Waals surface area contributed by atoms with Crippen molar-refractivity contribution in [2.24, 2.45) is 11.8 Å². The summed E-state index contributed by atoms with van der Waals surface area (Å²) in [4.78, 5) is 39.8. The van der Waals surface area contributed by atoms with E-state index >= 15 is 0 Å². The lowest BCUT2D eigenvalue weighted by molar-refractivity contribution is -0.142. The van der Waals surface area contributed by atoms with Crippen LogP contribution in [0, 0.1) is 11.8 Å². The lowest BCUT2D eigenvalue weighted by Crippen LogP contribution is -2.46. The normalized spacial score (nSPS) is 24.3. The molecule has 0 bridgehead atoms. The molecule has 0 radical (unpaired) electrons. The van der Waals surface area contributed by atoms with Gasteiger partial charge in [0.15, 0.2) is 0 Å². The average molecular weight is 422 g/mol. The van der Waals surface area contributed by atoms with Crippen molar-refractivity contribution in [2.45, 2.75) is 11.8 Å². The van der Waals surface area contributed by atoms with Crippen LogP contribution in [0.1, 0.15) is 33.3 Å². The summed E-state index contributed by atoms with van der Waals surface area (Å²) in [5.74, 6) is -2.88. The van der Waals surface area contributed by atoms with Crippen LogP contribution in [-0.2, 0) is 9.59 Å². The molecule has 1 saturated heterocycles. The van der Waals surface area contributed by atoms with Crippen molar-refractivity contribution in [3.63, 3.8) is 0 Å². The summed E-state index contributed by atoms with van der Waals surface area (Å²) in [6, 6.07) is 28.0. The molecule has 158 valence electrons. The van der Waals surface area contributed by atoms with Gasteiger partial charge in [0.05, 0.1) is 11.8 Å². The van der Waals surface area contributed by atoms with E-state index in [1.165, 1.54) is 0 Å². The number of hydrogen-bond donors (Lipinski definition) is 1. The molecule has 1 aliphatic heterocycles. The largest absolute Gasteiger partial charge is 0.272 e. The van der Waals surface area contributed by atoms with E-state index in [0.29, 0.717) is 5.56 Å². The van der Waals surface area contributed by atoms with E-state index in [9.17, 15) is 14.4 Å². The Labute approximate surface area is 186 Å². The molecule has 3 amide bonds. The summed E-state index contributed by atoms with van der Waals surface area (Å²) in [5.41, 5.74) is 4.90. The number of imide groups is 1. The Morgan fingerprint density at radius 3 is 1.47 bits per heavy atom. The number of allylic oxidation sites excluding steroid dienone is 2. The Hall–Kier alpha value is -3.99. The highest BCUT2D eigenvalue weighted by molar-refractivity contribution is 6.09. The second-order valence-electron chi connectivity index (χ2n) is 8.13. The maximum absolute atomic E-state index is 13.5. The van der Waals surface area contributed by atoms with Crippen molar-refractivity contribution in [1.82, 2.24) is 10.4 Å². The topological polar surface area (TPSA) is 66.5 Å². The Kier molecular flexibility index (Phi) is 5.15. The standard InChI is InChI=1S/C27H22N2O3/c30-25(20-14-8-3-9-15-20)28-29-26(31)23-21(18-10-4-1-5-11-18)16-17-22(24(23)27(29)32)19-12-6-2-7-13-19/h1-17,21-24H,(H,28,30)/t21-,22+,23+,24-. The number of carbonyl (C=O) groups excluding carboxylic acids is 3. The van der Waals surface area contributed by atoms with Crippen molar-refractivity contribution < 1.29 is 14.4 Å². The van der Waals surface area contributed by atoms with E-state index in [1.54, 1.807) is 30.3 Å². The summed E-state index contributed by atoms with van der Waals surface area (Å²) < 4.78 is 0. The van der Waals surface area contributed by atoms with Crippen LogP contribution in [0.2, 0.25) is 0 Å². The summed E-state index contributed by atoms with van der Waals surface area (Å²) in [6.45, 7) is 0. The number of hydrazine groups is 1. The van der Waals surface area contributed by atoms with Gasteiger partial charge in [0, 0.05) is 17.4 Å². The molecule has 0 unspecified atom stereocenters. The Bertz CT molecular complexity index is 1110. The van der Waals surface area contributed by atoms with Crippen molar-refractivity contribution in [1.29, 1.82) is 0 Å². The highest BCUT2D eigenvalue weighted by Gasteiger charge is 2.55. The second kappa shape index (κ2) is 8.27. The van der Waals surface area contributed by atoms with Gasteiger partial charge in [-0.3, -0.25) is 19.8 Å². The fourth-order valence-electron chi connectivity index (χ4n) is 4.80. The predicted octanol–water partition coefficient (Wildman–Crippen LogP) is 4.07. The summed E-state index contributed by atoms with van der Waals surface area (Å²) in [6.07, 6.45) is 4.06. The summed E-state index contributed by atoms with van der Waals surface area (Å²) in [7, 11) is 0. The molecular formula is C27H22N2O3. The average Bonchev–Trinajstić information content (AvgIpc) is 3.10. The van der Waals surface area contributed by atoms with Crippen LogP contribution in [0.4, 0.5) is 0 Å². The molecule has 32 heavy (non-hydrogen) atoms. The van der Waals surface area contributed by atoms with Gasteiger partial charge in [-0.1, -0.05) is 91.0 Å². The second-order valence-corrected chi connectivity index (χ2v) is 8.13. The van der Waals surface area contributed by atoms with Crippen molar-refractivity contribution in [3.8, 4) is 0 Å². The first-order valence-corrected chi connectivity index (χ1v) is 10.7. The third kappa shape index (κ3) is 3.42. The molecule has 0 aromatic heterocycles. The van der Waals surface area contributed by atoms with Crippen LogP contribution < -0.4 is 5.43 Å². The smallest absolute Gasteiger partial charge is 0.270 e. The van der Waals surface area contributed by atoms with E-state index in [-0.39, 0.29) is 23.7 Å². The lowest BCUT2D eigenvalue weighted by atomic mass is 9.68. The van der Waals surface area contributed by atoms with Crippen LogP contribution in [0.5, 0.6) is 0 Å². The molecule has 3 aromatic rings. The van der Waals surface area contributed by atoms with Gasteiger partial charge in [-0.15, -0.1) is 0 Å². The zero-order valence-electron chi connectivity index (χ0n) is 17.3. The summed E-state index contributed by atoms with van der Waals surface area (Å²) in [5, 5.41) is 0.934. The molecule has 4 atom stereocenters. The third-order valence-corrected chi connectivity index (χ3v) is 6.32. The van der Waals surface area contributed by atoms with Crippen LogP contribution in [0.3, 0.4) is 0 Å².